The van der Waals surface area contributed by atoms with Crippen LogP contribution in [0.25, 0.3) is 0 Å². The molecule has 154 valence electrons. The topological polar surface area (TPSA) is 81.4 Å². The third-order valence-corrected chi connectivity index (χ3v) is 4.99. The van der Waals surface area contributed by atoms with E-state index >= 15 is 0 Å². The maximum absolute atomic E-state index is 12.4. The van der Waals surface area contributed by atoms with Crippen molar-refractivity contribution < 1.29 is 14.3 Å². The summed E-state index contributed by atoms with van der Waals surface area (Å²) in [5, 5.41) is 2.98. The van der Waals surface area contributed by atoms with E-state index in [-0.39, 0.29) is 5.91 Å². The van der Waals surface area contributed by atoms with Gasteiger partial charge in [-0.15, -0.1) is 0 Å². The molecule has 2 amide bonds. The largest absolute Gasteiger partial charge is 0.457 e. The molecule has 3 aromatic carbocycles. The van der Waals surface area contributed by atoms with Gasteiger partial charge in [0.2, 0.25) is 5.91 Å². The second-order valence-electron chi connectivity index (χ2n) is 7.40. The number of carbonyl (C=O) groups is 2. The van der Waals surface area contributed by atoms with Crippen molar-refractivity contribution in [2.75, 3.05) is 6.54 Å². The molecule has 0 saturated carbocycles. The number of hydrogen-bond donors (Lipinski definition) is 2. The van der Waals surface area contributed by atoms with Gasteiger partial charge in [-0.25, -0.2) is 0 Å². The van der Waals surface area contributed by atoms with Gasteiger partial charge in [-0.05, 0) is 92.4 Å². The van der Waals surface area contributed by atoms with E-state index in [2.05, 4.69) is 38.2 Å². The van der Waals surface area contributed by atoms with Crippen molar-refractivity contribution in [2.24, 2.45) is 5.73 Å². The summed E-state index contributed by atoms with van der Waals surface area (Å²) >= 11 is 0. The monoisotopic (exact) mass is 402 g/mol. The summed E-state index contributed by atoms with van der Waals surface area (Å²) in [6, 6.07) is 17.8. The first-order valence-electron chi connectivity index (χ1n) is 9.86. The summed E-state index contributed by atoms with van der Waals surface area (Å²) in [5.74, 6) is 0.588. The summed E-state index contributed by atoms with van der Waals surface area (Å²) in [5.41, 5.74) is 11.3. The summed E-state index contributed by atoms with van der Waals surface area (Å²) < 4.78 is 5.74. The van der Waals surface area contributed by atoms with E-state index in [1.54, 1.807) is 48.5 Å². The van der Waals surface area contributed by atoms with E-state index < -0.39 is 5.91 Å². The van der Waals surface area contributed by atoms with Gasteiger partial charge < -0.3 is 15.8 Å². The maximum atomic E-state index is 12.4. The Balaban J connectivity index is 1.55. The van der Waals surface area contributed by atoms with Crippen molar-refractivity contribution in [1.29, 1.82) is 0 Å². The zero-order chi connectivity index (χ0) is 21.7. The lowest BCUT2D eigenvalue weighted by Gasteiger charge is -2.12. The quantitative estimate of drug-likeness (QED) is 0.611. The molecule has 3 N–H and O–H groups in total. The highest BCUT2D eigenvalue weighted by atomic mass is 16.5. The highest BCUT2D eigenvalue weighted by molar-refractivity contribution is 5.94. The van der Waals surface area contributed by atoms with Crippen LogP contribution in [0.1, 0.15) is 43.0 Å². The van der Waals surface area contributed by atoms with Crippen LogP contribution in [-0.4, -0.2) is 18.4 Å². The molecule has 0 aromatic heterocycles. The van der Waals surface area contributed by atoms with Crippen molar-refractivity contribution >= 4 is 11.8 Å². The van der Waals surface area contributed by atoms with Crippen LogP contribution in [0.5, 0.6) is 11.5 Å². The number of hydrogen-bond acceptors (Lipinski definition) is 3. The SMILES string of the molecule is Cc1cc(C)c(CCNC(=O)c2ccc(Oc3ccc(C(N)=O)cc3)cc2)c(C)c1. The summed E-state index contributed by atoms with van der Waals surface area (Å²) in [4.78, 5) is 23.6. The summed E-state index contributed by atoms with van der Waals surface area (Å²) in [6.45, 7) is 6.89. The molecular formula is C25H26N2O3. The third-order valence-electron chi connectivity index (χ3n) is 4.99. The van der Waals surface area contributed by atoms with Crippen LogP contribution >= 0.6 is 0 Å². The summed E-state index contributed by atoms with van der Waals surface area (Å²) in [6.07, 6.45) is 0.798. The second-order valence-corrected chi connectivity index (χ2v) is 7.40. The van der Waals surface area contributed by atoms with Gasteiger partial charge in [0.25, 0.3) is 5.91 Å². The minimum Gasteiger partial charge on any atom is -0.457 e. The fourth-order valence-electron chi connectivity index (χ4n) is 3.51. The van der Waals surface area contributed by atoms with E-state index in [1.165, 1.54) is 22.3 Å². The standard InChI is InChI=1S/C25H26N2O3/c1-16-14-17(2)23(18(3)15-16)12-13-27-25(29)20-6-10-22(11-7-20)30-21-8-4-19(5-9-21)24(26)28/h4-11,14-15H,12-13H2,1-3H3,(H2,26,28)(H,27,29). The third kappa shape index (κ3) is 5.26. The first kappa shape index (κ1) is 21.1. The Morgan fingerprint density at radius 1 is 0.833 bits per heavy atom. The minimum absolute atomic E-state index is 0.116. The molecule has 0 aliphatic heterocycles. The molecule has 0 spiro atoms. The molecule has 5 nitrogen and oxygen atoms in total. The van der Waals surface area contributed by atoms with Gasteiger partial charge in [0, 0.05) is 17.7 Å². The maximum Gasteiger partial charge on any atom is 0.251 e. The molecule has 0 atom stereocenters. The van der Waals surface area contributed by atoms with Gasteiger partial charge in [0.05, 0.1) is 0 Å². The number of amides is 2. The van der Waals surface area contributed by atoms with Crippen LogP contribution in [0.4, 0.5) is 0 Å². The van der Waals surface area contributed by atoms with E-state index in [0.29, 0.717) is 29.2 Å². The number of rotatable bonds is 7. The number of ether oxygens (including phenoxy) is 1. The highest BCUT2D eigenvalue weighted by Crippen LogP contribution is 2.22. The molecule has 0 saturated heterocycles. The number of benzene rings is 3. The second kappa shape index (κ2) is 9.27. The zero-order valence-corrected chi connectivity index (χ0v) is 17.5. The lowest BCUT2D eigenvalue weighted by molar-refractivity contribution is 0.0952. The Morgan fingerprint density at radius 2 is 1.33 bits per heavy atom. The average molecular weight is 402 g/mol. The predicted molar refractivity (Wildman–Crippen MR) is 118 cm³/mol. The molecule has 0 bridgehead atoms. The van der Waals surface area contributed by atoms with Gasteiger partial charge in [0.15, 0.2) is 0 Å². The Bertz CT molecular complexity index is 1030. The molecule has 3 rings (SSSR count). The zero-order valence-electron chi connectivity index (χ0n) is 17.5. The van der Waals surface area contributed by atoms with E-state index in [1.807, 2.05) is 0 Å². The van der Waals surface area contributed by atoms with Gasteiger partial charge in [-0.2, -0.15) is 0 Å². The number of nitrogens with one attached hydrogen (secondary N) is 1. The molecule has 0 aliphatic rings. The number of primary amides is 1. The summed E-state index contributed by atoms with van der Waals surface area (Å²) in [7, 11) is 0. The van der Waals surface area contributed by atoms with Gasteiger partial charge in [-0.3, -0.25) is 9.59 Å². The minimum atomic E-state index is -0.482. The first-order valence-corrected chi connectivity index (χ1v) is 9.86. The normalized spacial score (nSPS) is 10.5. The molecule has 3 aromatic rings. The molecule has 0 unspecified atom stereocenters. The average Bonchev–Trinajstić information content (AvgIpc) is 2.70. The fourth-order valence-corrected chi connectivity index (χ4v) is 3.51. The van der Waals surface area contributed by atoms with Crippen molar-refractivity contribution in [3.05, 3.63) is 94.0 Å². The fraction of sp³-hybridized carbons (Fsp3) is 0.200. The van der Waals surface area contributed by atoms with Crippen molar-refractivity contribution in [2.45, 2.75) is 27.2 Å². The lowest BCUT2D eigenvalue weighted by atomic mass is 9.97. The number of nitrogens with two attached hydrogens (primary N) is 1. The van der Waals surface area contributed by atoms with Crippen LogP contribution in [0, 0.1) is 20.8 Å². The van der Waals surface area contributed by atoms with Crippen LogP contribution in [0.2, 0.25) is 0 Å². The van der Waals surface area contributed by atoms with E-state index in [9.17, 15) is 9.59 Å². The molecule has 0 radical (unpaired) electrons. The lowest BCUT2D eigenvalue weighted by Crippen LogP contribution is -2.26. The molecular weight excluding hydrogens is 376 g/mol. The van der Waals surface area contributed by atoms with Gasteiger partial charge >= 0.3 is 0 Å². The molecule has 0 heterocycles. The van der Waals surface area contributed by atoms with Crippen LogP contribution in [-0.2, 0) is 6.42 Å². The molecule has 5 heteroatoms. The first-order chi connectivity index (χ1) is 14.3. The van der Waals surface area contributed by atoms with Gasteiger partial charge in [0.1, 0.15) is 11.5 Å². The van der Waals surface area contributed by atoms with Crippen LogP contribution in [0.3, 0.4) is 0 Å². The van der Waals surface area contributed by atoms with Crippen LogP contribution in [0.15, 0.2) is 60.7 Å². The van der Waals surface area contributed by atoms with Crippen molar-refractivity contribution in [1.82, 2.24) is 5.32 Å². The Kier molecular flexibility index (Phi) is 6.52. The predicted octanol–water partition coefficient (Wildman–Crippen LogP) is 4.48. The van der Waals surface area contributed by atoms with E-state index in [4.69, 9.17) is 10.5 Å². The number of aryl methyl sites for hydroxylation is 3. The van der Waals surface area contributed by atoms with Crippen LogP contribution < -0.4 is 15.8 Å². The Hall–Kier alpha value is -3.60. The van der Waals surface area contributed by atoms with Crippen molar-refractivity contribution in [3.63, 3.8) is 0 Å². The highest BCUT2D eigenvalue weighted by Gasteiger charge is 2.08. The smallest absolute Gasteiger partial charge is 0.251 e. The Morgan fingerprint density at radius 3 is 1.83 bits per heavy atom. The number of carbonyl (C=O) groups excluding carboxylic acids is 2. The van der Waals surface area contributed by atoms with Crippen molar-refractivity contribution in [3.8, 4) is 11.5 Å². The van der Waals surface area contributed by atoms with Gasteiger partial charge in [-0.1, -0.05) is 17.7 Å². The molecule has 30 heavy (non-hydrogen) atoms. The Labute approximate surface area is 176 Å². The molecule has 0 fully saturated rings. The molecule has 0 aliphatic carbocycles. The van der Waals surface area contributed by atoms with E-state index in [0.717, 1.165) is 6.42 Å².